The summed E-state index contributed by atoms with van der Waals surface area (Å²) >= 11 is 0. The minimum absolute atomic E-state index is 0.0369. The van der Waals surface area contributed by atoms with E-state index < -0.39 is 11.7 Å². The Labute approximate surface area is 193 Å². The fourth-order valence-corrected chi connectivity index (χ4v) is 4.27. The van der Waals surface area contributed by atoms with Gasteiger partial charge in [0, 0.05) is 29.3 Å². The third-order valence-electron chi connectivity index (χ3n) is 6.08. The Bertz CT molecular complexity index is 1110. The van der Waals surface area contributed by atoms with Gasteiger partial charge >= 0.3 is 0 Å². The average molecular weight is 448 g/mol. The van der Waals surface area contributed by atoms with Crippen LogP contribution in [0.5, 0.6) is 0 Å². The molecular weight excluding hydrogens is 418 g/mol. The number of Topliss-reactive ketones (excluding diaryl/α,β-unsaturated/α-hetero) is 1. The van der Waals surface area contributed by atoms with E-state index in [1.807, 2.05) is 44.7 Å². The molecule has 0 aromatic heterocycles. The van der Waals surface area contributed by atoms with Gasteiger partial charge in [-0.2, -0.15) is 0 Å². The van der Waals surface area contributed by atoms with Crippen LogP contribution in [0, 0.1) is 5.92 Å². The lowest BCUT2D eigenvalue weighted by atomic mass is 10.1. The van der Waals surface area contributed by atoms with Gasteiger partial charge in [-0.15, -0.1) is 0 Å². The summed E-state index contributed by atoms with van der Waals surface area (Å²) in [6.45, 7) is 8.17. The number of hydrogen-bond donors (Lipinski definition) is 1. The van der Waals surface area contributed by atoms with Crippen molar-refractivity contribution in [2.75, 3.05) is 10.2 Å². The van der Waals surface area contributed by atoms with E-state index in [4.69, 9.17) is 0 Å². The Balaban J connectivity index is 1.50. The van der Waals surface area contributed by atoms with Gasteiger partial charge in [-0.3, -0.25) is 19.2 Å². The van der Waals surface area contributed by atoms with Crippen molar-refractivity contribution in [2.45, 2.75) is 59.2 Å². The number of fused-ring (bicyclic) bond motifs is 1. The molecule has 1 fully saturated rings. The highest BCUT2D eigenvalue weighted by Gasteiger charge is 2.36. The van der Waals surface area contributed by atoms with E-state index in [1.54, 1.807) is 30.3 Å². The fraction of sp³-hybridized carbons (Fsp3) is 0.385. The largest absolute Gasteiger partial charge is 0.334 e. The molecule has 2 aromatic rings. The molecular formula is C26H29N3O4. The first-order valence-corrected chi connectivity index (χ1v) is 11.4. The zero-order chi connectivity index (χ0) is 23.9. The molecule has 0 spiro atoms. The summed E-state index contributed by atoms with van der Waals surface area (Å²) in [4.78, 5) is 53.4. The maximum absolute atomic E-state index is 12.9. The van der Waals surface area contributed by atoms with Gasteiger partial charge in [0.2, 0.25) is 5.91 Å². The molecule has 2 aliphatic rings. The molecule has 2 aromatic carbocycles. The molecule has 1 heterocycles. The van der Waals surface area contributed by atoms with Gasteiger partial charge < -0.3 is 15.1 Å². The van der Waals surface area contributed by atoms with Crippen LogP contribution in [0.25, 0.3) is 0 Å². The van der Waals surface area contributed by atoms with Gasteiger partial charge in [0.15, 0.2) is 0 Å². The summed E-state index contributed by atoms with van der Waals surface area (Å²) in [6, 6.07) is 12.3. The van der Waals surface area contributed by atoms with E-state index in [0.717, 1.165) is 18.4 Å². The Hall–Kier alpha value is -3.48. The maximum atomic E-state index is 12.9. The number of carbonyl (C=O) groups is 4. The molecule has 4 rings (SSSR count). The monoisotopic (exact) mass is 447 g/mol. The number of rotatable bonds is 7. The Morgan fingerprint density at radius 1 is 1.00 bits per heavy atom. The predicted octanol–water partition coefficient (Wildman–Crippen LogP) is 4.02. The smallest absolute Gasteiger partial charge is 0.299 e. The first kappa shape index (κ1) is 22.7. The van der Waals surface area contributed by atoms with Crippen LogP contribution in [0.4, 0.5) is 11.4 Å². The molecule has 3 amide bonds. The van der Waals surface area contributed by atoms with Gasteiger partial charge in [-0.1, -0.05) is 12.1 Å². The van der Waals surface area contributed by atoms with Crippen molar-refractivity contribution in [1.82, 2.24) is 4.90 Å². The first-order valence-electron chi connectivity index (χ1n) is 11.4. The molecule has 7 heteroatoms. The topological polar surface area (TPSA) is 86.8 Å². The lowest BCUT2D eigenvalue weighted by Crippen LogP contribution is -2.42. The summed E-state index contributed by atoms with van der Waals surface area (Å²) in [5.41, 5.74) is 2.75. The van der Waals surface area contributed by atoms with Crippen LogP contribution >= 0.6 is 0 Å². The standard InChI is InChI=1S/C26H29N3O4/c1-15(2)29(16(3)4)25(32)19-7-5-17(6-8-19)14-28-22-12-11-20(27-24(31)18-9-10-18)13-21(22)23(30)26(28)33/h5-8,11-13,15-16,18H,9-10,14H2,1-4H3,(H,27,31). The van der Waals surface area contributed by atoms with Crippen molar-refractivity contribution in [2.24, 2.45) is 5.92 Å². The Morgan fingerprint density at radius 2 is 1.64 bits per heavy atom. The minimum Gasteiger partial charge on any atom is -0.334 e. The predicted molar refractivity (Wildman–Crippen MR) is 126 cm³/mol. The lowest BCUT2D eigenvalue weighted by Gasteiger charge is -2.31. The lowest BCUT2D eigenvalue weighted by molar-refractivity contribution is -0.117. The summed E-state index contributed by atoms with van der Waals surface area (Å²) in [5, 5.41) is 2.82. The van der Waals surface area contributed by atoms with Crippen molar-refractivity contribution in [3.8, 4) is 0 Å². The van der Waals surface area contributed by atoms with Crippen LogP contribution in [-0.4, -0.2) is 40.5 Å². The quantitative estimate of drug-likeness (QED) is 0.650. The number of nitrogens with zero attached hydrogens (tertiary/aromatic N) is 2. The number of amides is 3. The average Bonchev–Trinajstić information content (AvgIpc) is 3.59. The van der Waals surface area contributed by atoms with E-state index in [1.165, 1.54) is 4.90 Å². The molecule has 0 atom stereocenters. The molecule has 0 bridgehead atoms. The minimum atomic E-state index is -0.596. The van der Waals surface area contributed by atoms with Crippen molar-refractivity contribution < 1.29 is 19.2 Å². The fourth-order valence-electron chi connectivity index (χ4n) is 4.27. The summed E-state index contributed by atoms with van der Waals surface area (Å²) in [5.74, 6) is -1.21. The molecule has 1 aliphatic heterocycles. The molecule has 7 nitrogen and oxygen atoms in total. The van der Waals surface area contributed by atoms with Crippen molar-refractivity contribution in [3.63, 3.8) is 0 Å². The van der Waals surface area contributed by atoms with E-state index >= 15 is 0 Å². The number of ketones is 1. The van der Waals surface area contributed by atoms with Crippen LogP contribution in [-0.2, 0) is 16.1 Å². The normalized spacial score (nSPS) is 15.3. The summed E-state index contributed by atoms with van der Waals surface area (Å²) in [7, 11) is 0. The SMILES string of the molecule is CC(C)N(C(=O)c1ccc(CN2C(=O)C(=O)c3cc(NC(=O)C4CC4)ccc32)cc1)C(C)C. The molecule has 0 saturated heterocycles. The van der Waals surface area contributed by atoms with E-state index in [-0.39, 0.29) is 36.4 Å². The number of nitrogens with one attached hydrogen (secondary N) is 1. The zero-order valence-electron chi connectivity index (χ0n) is 19.4. The second-order valence-corrected chi connectivity index (χ2v) is 9.31. The Kier molecular flexibility index (Phi) is 6.06. The second-order valence-electron chi connectivity index (χ2n) is 9.31. The molecule has 0 radical (unpaired) electrons. The number of carbonyl (C=O) groups excluding carboxylic acids is 4. The van der Waals surface area contributed by atoms with Crippen molar-refractivity contribution >= 4 is 34.9 Å². The highest BCUT2D eigenvalue weighted by molar-refractivity contribution is 6.52. The maximum Gasteiger partial charge on any atom is 0.299 e. The van der Waals surface area contributed by atoms with Crippen LogP contribution in [0.2, 0.25) is 0 Å². The number of benzene rings is 2. The number of anilines is 2. The van der Waals surface area contributed by atoms with Crippen molar-refractivity contribution in [1.29, 1.82) is 0 Å². The van der Waals surface area contributed by atoms with E-state index in [2.05, 4.69) is 5.32 Å². The summed E-state index contributed by atoms with van der Waals surface area (Å²) in [6.07, 6.45) is 1.78. The third-order valence-corrected chi connectivity index (χ3v) is 6.08. The first-order chi connectivity index (χ1) is 15.7. The van der Waals surface area contributed by atoms with E-state index in [9.17, 15) is 19.2 Å². The second kappa shape index (κ2) is 8.81. The molecule has 1 aliphatic carbocycles. The molecule has 0 unspecified atom stereocenters. The molecule has 33 heavy (non-hydrogen) atoms. The number of hydrogen-bond acceptors (Lipinski definition) is 4. The van der Waals surface area contributed by atoms with E-state index in [0.29, 0.717) is 22.5 Å². The highest BCUT2D eigenvalue weighted by atomic mass is 16.2. The van der Waals surface area contributed by atoms with Crippen LogP contribution < -0.4 is 10.2 Å². The van der Waals surface area contributed by atoms with Crippen LogP contribution in [0.15, 0.2) is 42.5 Å². The van der Waals surface area contributed by atoms with Crippen LogP contribution in [0.1, 0.15) is 66.8 Å². The van der Waals surface area contributed by atoms with Gasteiger partial charge in [0.1, 0.15) is 0 Å². The van der Waals surface area contributed by atoms with Crippen LogP contribution in [0.3, 0.4) is 0 Å². The van der Waals surface area contributed by atoms with Gasteiger partial charge in [0.05, 0.1) is 17.8 Å². The molecule has 172 valence electrons. The summed E-state index contributed by atoms with van der Waals surface area (Å²) < 4.78 is 0. The molecule has 1 saturated carbocycles. The molecule has 1 N–H and O–H groups in total. The van der Waals surface area contributed by atoms with Gasteiger partial charge in [-0.05, 0) is 76.4 Å². The van der Waals surface area contributed by atoms with Gasteiger partial charge in [0.25, 0.3) is 17.6 Å². The van der Waals surface area contributed by atoms with Crippen molar-refractivity contribution in [3.05, 3.63) is 59.2 Å². The third kappa shape index (κ3) is 4.53. The Morgan fingerprint density at radius 3 is 2.21 bits per heavy atom. The van der Waals surface area contributed by atoms with Gasteiger partial charge in [-0.25, -0.2) is 0 Å². The highest BCUT2D eigenvalue weighted by Crippen LogP contribution is 2.34. The zero-order valence-corrected chi connectivity index (χ0v) is 19.4.